The summed E-state index contributed by atoms with van der Waals surface area (Å²) in [5, 5.41) is 9.44. The minimum absolute atomic E-state index is 0.273. The molecule has 3 rings (SSSR count). The average molecular weight is 302 g/mol. The molecule has 0 aromatic heterocycles. The normalized spacial score (nSPS) is 10.5. The summed E-state index contributed by atoms with van der Waals surface area (Å²) in [7, 11) is 0. The molecule has 0 atom stereocenters. The van der Waals surface area contributed by atoms with Crippen molar-refractivity contribution in [2.45, 2.75) is 13.8 Å². The molecule has 3 aromatic carbocycles. The lowest BCUT2D eigenvalue weighted by Gasteiger charge is -2.13. The van der Waals surface area contributed by atoms with E-state index in [1.807, 2.05) is 36.4 Å². The molecule has 0 aliphatic rings. The highest BCUT2D eigenvalue weighted by Crippen LogP contribution is 2.32. The van der Waals surface area contributed by atoms with Crippen LogP contribution in [0, 0.1) is 13.8 Å². The zero-order valence-corrected chi connectivity index (χ0v) is 13.2. The Bertz CT molecular complexity index is 844. The van der Waals surface area contributed by atoms with Gasteiger partial charge < -0.3 is 5.11 Å². The standard InChI is InChI=1S/C21H18O2/c1-14-12-21(18-7-9-19(23)10-8-18)15(2)11-20(14)17-5-3-16(13-22)4-6-17/h3-13,23H,1-2H3. The Morgan fingerprint density at radius 3 is 1.61 bits per heavy atom. The number of aldehydes is 1. The second-order valence-electron chi connectivity index (χ2n) is 5.77. The molecule has 2 heteroatoms. The maximum atomic E-state index is 10.8. The van der Waals surface area contributed by atoms with Crippen LogP contribution in [-0.2, 0) is 0 Å². The first-order valence-corrected chi connectivity index (χ1v) is 7.55. The van der Waals surface area contributed by atoms with Gasteiger partial charge in [-0.05, 0) is 59.4 Å². The van der Waals surface area contributed by atoms with Gasteiger partial charge in [0.15, 0.2) is 0 Å². The van der Waals surface area contributed by atoms with Crippen molar-refractivity contribution < 1.29 is 9.90 Å². The molecule has 3 aromatic rings. The smallest absolute Gasteiger partial charge is 0.150 e. The fourth-order valence-corrected chi connectivity index (χ4v) is 2.82. The minimum Gasteiger partial charge on any atom is -0.508 e. The Morgan fingerprint density at radius 1 is 0.739 bits per heavy atom. The Balaban J connectivity index is 2.06. The van der Waals surface area contributed by atoms with Crippen LogP contribution >= 0.6 is 0 Å². The third kappa shape index (κ3) is 3.02. The van der Waals surface area contributed by atoms with Gasteiger partial charge >= 0.3 is 0 Å². The third-order valence-electron chi connectivity index (χ3n) is 4.11. The molecule has 0 saturated carbocycles. The molecule has 0 fully saturated rings. The summed E-state index contributed by atoms with van der Waals surface area (Å²) >= 11 is 0. The zero-order chi connectivity index (χ0) is 16.4. The Hall–Kier alpha value is -2.87. The first kappa shape index (κ1) is 15.0. The summed E-state index contributed by atoms with van der Waals surface area (Å²) < 4.78 is 0. The lowest BCUT2D eigenvalue weighted by Crippen LogP contribution is -1.90. The molecule has 0 aliphatic carbocycles. The first-order chi connectivity index (χ1) is 11.1. The van der Waals surface area contributed by atoms with Crippen molar-refractivity contribution in [3.8, 4) is 28.0 Å². The van der Waals surface area contributed by atoms with Crippen LogP contribution in [-0.4, -0.2) is 11.4 Å². The van der Waals surface area contributed by atoms with E-state index in [0.717, 1.165) is 23.0 Å². The van der Waals surface area contributed by atoms with Crippen molar-refractivity contribution in [2.24, 2.45) is 0 Å². The summed E-state index contributed by atoms with van der Waals surface area (Å²) in [6, 6.07) is 19.2. The van der Waals surface area contributed by atoms with E-state index in [0.29, 0.717) is 5.56 Å². The molecule has 0 bridgehead atoms. The molecule has 1 N–H and O–H groups in total. The first-order valence-electron chi connectivity index (χ1n) is 7.55. The van der Waals surface area contributed by atoms with Gasteiger partial charge in [0.05, 0.1) is 0 Å². The highest BCUT2D eigenvalue weighted by Gasteiger charge is 2.08. The number of phenols is 1. The monoisotopic (exact) mass is 302 g/mol. The largest absolute Gasteiger partial charge is 0.508 e. The van der Waals surface area contributed by atoms with Crippen LogP contribution in [0.5, 0.6) is 5.75 Å². The van der Waals surface area contributed by atoms with Crippen LogP contribution in [0.15, 0.2) is 60.7 Å². The maximum absolute atomic E-state index is 10.8. The van der Waals surface area contributed by atoms with Crippen molar-refractivity contribution in [1.82, 2.24) is 0 Å². The van der Waals surface area contributed by atoms with Crippen LogP contribution in [0.25, 0.3) is 22.3 Å². The van der Waals surface area contributed by atoms with Crippen molar-refractivity contribution >= 4 is 6.29 Å². The van der Waals surface area contributed by atoms with Gasteiger partial charge in [-0.25, -0.2) is 0 Å². The number of carbonyl (C=O) groups excluding carboxylic acids is 1. The molecule has 2 nitrogen and oxygen atoms in total. The lowest BCUT2D eigenvalue weighted by atomic mass is 9.91. The number of hydrogen-bond acceptors (Lipinski definition) is 2. The second kappa shape index (κ2) is 6.09. The van der Waals surface area contributed by atoms with Gasteiger partial charge in [-0.15, -0.1) is 0 Å². The summed E-state index contributed by atoms with van der Waals surface area (Å²) in [5.41, 5.74) is 7.56. The van der Waals surface area contributed by atoms with Crippen LogP contribution in [0.2, 0.25) is 0 Å². The van der Waals surface area contributed by atoms with Gasteiger partial charge in [-0.2, -0.15) is 0 Å². The van der Waals surface area contributed by atoms with E-state index in [2.05, 4.69) is 26.0 Å². The Kier molecular flexibility index (Phi) is 3.98. The number of benzene rings is 3. The Morgan fingerprint density at radius 2 is 1.17 bits per heavy atom. The number of phenolic OH excluding ortho intramolecular Hbond substituents is 1. The molecular weight excluding hydrogens is 284 g/mol. The number of aryl methyl sites for hydroxylation is 2. The molecule has 0 amide bonds. The van der Waals surface area contributed by atoms with Crippen molar-refractivity contribution in [2.75, 3.05) is 0 Å². The fraction of sp³-hybridized carbons (Fsp3) is 0.0952. The van der Waals surface area contributed by atoms with E-state index < -0.39 is 0 Å². The van der Waals surface area contributed by atoms with E-state index in [9.17, 15) is 9.90 Å². The van der Waals surface area contributed by atoms with E-state index in [1.54, 1.807) is 12.1 Å². The SMILES string of the molecule is Cc1cc(-c2ccc(C=O)cc2)c(C)cc1-c1ccc(O)cc1. The van der Waals surface area contributed by atoms with Crippen LogP contribution in [0.4, 0.5) is 0 Å². The van der Waals surface area contributed by atoms with Crippen molar-refractivity contribution in [3.05, 3.63) is 77.4 Å². The predicted octanol–water partition coefficient (Wildman–Crippen LogP) is 5.16. The van der Waals surface area contributed by atoms with Crippen LogP contribution < -0.4 is 0 Å². The number of carbonyl (C=O) groups is 1. The van der Waals surface area contributed by atoms with Gasteiger partial charge in [0.1, 0.15) is 12.0 Å². The average Bonchev–Trinajstić information content (AvgIpc) is 2.57. The predicted molar refractivity (Wildman–Crippen MR) is 93.8 cm³/mol. The molecule has 0 heterocycles. The van der Waals surface area contributed by atoms with Crippen molar-refractivity contribution in [3.63, 3.8) is 0 Å². The zero-order valence-electron chi connectivity index (χ0n) is 13.2. The van der Waals surface area contributed by atoms with E-state index in [1.165, 1.54) is 16.7 Å². The Labute approximate surface area is 136 Å². The fourth-order valence-electron chi connectivity index (χ4n) is 2.82. The molecule has 0 radical (unpaired) electrons. The maximum Gasteiger partial charge on any atom is 0.150 e. The topological polar surface area (TPSA) is 37.3 Å². The highest BCUT2D eigenvalue weighted by atomic mass is 16.3. The summed E-state index contributed by atoms with van der Waals surface area (Å²) in [6.07, 6.45) is 0.857. The van der Waals surface area contributed by atoms with E-state index >= 15 is 0 Å². The highest BCUT2D eigenvalue weighted by molar-refractivity contribution is 5.79. The van der Waals surface area contributed by atoms with Gasteiger partial charge in [0, 0.05) is 5.56 Å². The molecule has 0 aliphatic heterocycles. The van der Waals surface area contributed by atoms with E-state index in [4.69, 9.17) is 0 Å². The molecule has 114 valence electrons. The van der Waals surface area contributed by atoms with E-state index in [-0.39, 0.29) is 5.75 Å². The lowest BCUT2D eigenvalue weighted by molar-refractivity contribution is 0.112. The van der Waals surface area contributed by atoms with Gasteiger partial charge in [0.2, 0.25) is 0 Å². The number of rotatable bonds is 3. The summed E-state index contributed by atoms with van der Waals surface area (Å²) in [5.74, 6) is 0.273. The third-order valence-corrected chi connectivity index (χ3v) is 4.11. The molecule has 23 heavy (non-hydrogen) atoms. The van der Waals surface area contributed by atoms with Crippen LogP contribution in [0.3, 0.4) is 0 Å². The molecular formula is C21H18O2. The van der Waals surface area contributed by atoms with Crippen LogP contribution in [0.1, 0.15) is 21.5 Å². The number of aromatic hydroxyl groups is 1. The van der Waals surface area contributed by atoms with Gasteiger partial charge in [-0.1, -0.05) is 48.5 Å². The minimum atomic E-state index is 0.273. The molecule has 0 spiro atoms. The van der Waals surface area contributed by atoms with Gasteiger partial charge in [-0.3, -0.25) is 4.79 Å². The molecule has 0 saturated heterocycles. The second-order valence-corrected chi connectivity index (χ2v) is 5.77. The van der Waals surface area contributed by atoms with Gasteiger partial charge in [0.25, 0.3) is 0 Å². The quantitative estimate of drug-likeness (QED) is 0.679. The van der Waals surface area contributed by atoms with Crippen molar-refractivity contribution in [1.29, 1.82) is 0 Å². The molecule has 0 unspecified atom stereocenters. The summed E-state index contributed by atoms with van der Waals surface area (Å²) in [6.45, 7) is 4.18. The summed E-state index contributed by atoms with van der Waals surface area (Å²) in [4.78, 5) is 10.8. The number of hydrogen-bond donors (Lipinski definition) is 1.